The molecule has 1 aliphatic carbocycles. The minimum atomic E-state index is 0.342. The highest BCUT2D eigenvalue weighted by molar-refractivity contribution is 4.95. The second kappa shape index (κ2) is 5.68. The summed E-state index contributed by atoms with van der Waals surface area (Å²) < 4.78 is 5.43. The third kappa shape index (κ3) is 3.43. The summed E-state index contributed by atoms with van der Waals surface area (Å²) in [6.45, 7) is 10.3. The van der Waals surface area contributed by atoms with Crippen LogP contribution in [0, 0.1) is 11.8 Å². The first-order valence-corrected chi connectivity index (χ1v) is 7.12. The third-order valence-corrected chi connectivity index (χ3v) is 4.34. The molecule has 1 heterocycles. The van der Waals surface area contributed by atoms with Gasteiger partial charge in [-0.25, -0.2) is 0 Å². The van der Waals surface area contributed by atoms with E-state index in [9.17, 15) is 0 Å². The number of nitrogens with zero attached hydrogens (tertiary/aromatic N) is 1. The summed E-state index contributed by atoms with van der Waals surface area (Å²) in [5, 5.41) is 3.75. The smallest absolute Gasteiger partial charge is 0.0670 e. The number of nitrogens with one attached hydrogen (secondary N) is 1. The summed E-state index contributed by atoms with van der Waals surface area (Å²) in [4.78, 5) is 2.65. The van der Waals surface area contributed by atoms with Crippen molar-refractivity contribution in [1.82, 2.24) is 10.2 Å². The summed E-state index contributed by atoms with van der Waals surface area (Å²) in [7, 11) is 1.82. The molecule has 1 aliphatic heterocycles. The van der Waals surface area contributed by atoms with E-state index in [1.807, 2.05) is 7.11 Å². The van der Waals surface area contributed by atoms with Gasteiger partial charge in [0.2, 0.25) is 0 Å². The average Bonchev–Trinajstić information content (AvgIpc) is 3.12. The Morgan fingerprint density at radius 3 is 2.53 bits per heavy atom. The largest absolute Gasteiger partial charge is 0.380 e. The Labute approximate surface area is 106 Å². The zero-order valence-electron chi connectivity index (χ0n) is 11.8. The summed E-state index contributed by atoms with van der Waals surface area (Å²) in [6.07, 6.45) is 3.20. The normalized spacial score (nSPS) is 33.0. The number of rotatable bonds is 5. The van der Waals surface area contributed by atoms with Crippen molar-refractivity contribution in [1.29, 1.82) is 0 Å². The predicted molar refractivity (Wildman–Crippen MR) is 71.2 cm³/mol. The van der Waals surface area contributed by atoms with Gasteiger partial charge in [0.1, 0.15) is 0 Å². The van der Waals surface area contributed by atoms with Gasteiger partial charge in [0.05, 0.1) is 6.10 Å². The molecule has 2 fully saturated rings. The molecule has 3 heteroatoms. The monoisotopic (exact) mass is 240 g/mol. The minimum Gasteiger partial charge on any atom is -0.380 e. The van der Waals surface area contributed by atoms with E-state index in [0.717, 1.165) is 25.0 Å². The van der Waals surface area contributed by atoms with E-state index in [1.165, 1.54) is 19.4 Å². The molecule has 0 aromatic carbocycles. The Kier molecular flexibility index (Phi) is 4.45. The molecule has 17 heavy (non-hydrogen) atoms. The number of methoxy groups -OCH3 is 1. The molecule has 2 aliphatic rings. The molecule has 0 aromatic heterocycles. The van der Waals surface area contributed by atoms with Crippen molar-refractivity contribution in [2.45, 2.75) is 51.8 Å². The van der Waals surface area contributed by atoms with Gasteiger partial charge in [-0.3, -0.25) is 4.90 Å². The van der Waals surface area contributed by atoms with E-state index in [4.69, 9.17) is 4.74 Å². The maximum Gasteiger partial charge on any atom is 0.0670 e. The first-order valence-electron chi connectivity index (χ1n) is 7.12. The van der Waals surface area contributed by atoms with Crippen molar-refractivity contribution >= 4 is 0 Å². The highest BCUT2D eigenvalue weighted by Gasteiger charge is 2.38. The van der Waals surface area contributed by atoms with E-state index in [0.29, 0.717) is 18.1 Å². The molecular formula is C14H28N2O. The third-order valence-electron chi connectivity index (χ3n) is 4.34. The highest BCUT2D eigenvalue weighted by Crippen LogP contribution is 2.34. The second-order valence-corrected chi connectivity index (χ2v) is 6.16. The molecule has 3 nitrogen and oxygen atoms in total. The van der Waals surface area contributed by atoms with Crippen molar-refractivity contribution in [3.63, 3.8) is 0 Å². The van der Waals surface area contributed by atoms with Gasteiger partial charge < -0.3 is 10.1 Å². The van der Waals surface area contributed by atoms with E-state index in [2.05, 4.69) is 31.0 Å². The number of hydrogen-bond acceptors (Lipinski definition) is 3. The number of piperazine rings is 1. The standard InChI is InChI=1S/C14H28N2O/c1-10(2)14-7-15-13(12-5-6-12)9-16(14)8-11(3)17-4/h10-15H,5-9H2,1-4H3. The van der Waals surface area contributed by atoms with Crippen LogP contribution in [0.1, 0.15) is 33.6 Å². The first kappa shape index (κ1) is 13.3. The molecule has 3 atom stereocenters. The van der Waals surface area contributed by atoms with E-state index >= 15 is 0 Å². The molecule has 3 unspecified atom stereocenters. The summed E-state index contributed by atoms with van der Waals surface area (Å²) in [6, 6.07) is 1.40. The van der Waals surface area contributed by atoms with Gasteiger partial charge in [-0.05, 0) is 31.6 Å². The molecule has 100 valence electrons. The highest BCUT2D eigenvalue weighted by atomic mass is 16.5. The fraction of sp³-hybridized carbons (Fsp3) is 1.00. The Hall–Kier alpha value is -0.120. The Morgan fingerprint density at radius 1 is 1.29 bits per heavy atom. The van der Waals surface area contributed by atoms with Gasteiger partial charge in [0.25, 0.3) is 0 Å². The van der Waals surface area contributed by atoms with Crippen LogP contribution in [-0.4, -0.2) is 49.8 Å². The summed E-state index contributed by atoms with van der Waals surface area (Å²) >= 11 is 0. The van der Waals surface area contributed by atoms with Crippen molar-refractivity contribution in [2.24, 2.45) is 11.8 Å². The van der Waals surface area contributed by atoms with Crippen LogP contribution in [0.2, 0.25) is 0 Å². The van der Waals surface area contributed by atoms with Crippen molar-refractivity contribution in [3.05, 3.63) is 0 Å². The molecular weight excluding hydrogens is 212 g/mol. The predicted octanol–water partition coefficient (Wildman–Crippen LogP) is 1.73. The zero-order valence-corrected chi connectivity index (χ0v) is 11.8. The second-order valence-electron chi connectivity index (χ2n) is 6.16. The van der Waals surface area contributed by atoms with Crippen molar-refractivity contribution in [2.75, 3.05) is 26.7 Å². The van der Waals surface area contributed by atoms with Crippen LogP contribution < -0.4 is 5.32 Å². The van der Waals surface area contributed by atoms with Crippen molar-refractivity contribution < 1.29 is 4.74 Å². The molecule has 0 radical (unpaired) electrons. The topological polar surface area (TPSA) is 24.5 Å². The quantitative estimate of drug-likeness (QED) is 0.792. The van der Waals surface area contributed by atoms with E-state index < -0.39 is 0 Å². The Balaban J connectivity index is 1.93. The average molecular weight is 240 g/mol. The fourth-order valence-corrected chi connectivity index (χ4v) is 2.94. The van der Waals surface area contributed by atoms with E-state index in [-0.39, 0.29) is 0 Å². The van der Waals surface area contributed by atoms with Crippen LogP contribution >= 0.6 is 0 Å². The number of hydrogen-bond donors (Lipinski definition) is 1. The maximum atomic E-state index is 5.43. The molecule has 0 aromatic rings. The van der Waals surface area contributed by atoms with Crippen LogP contribution in [0.3, 0.4) is 0 Å². The molecule has 0 bridgehead atoms. The SMILES string of the molecule is COC(C)CN1CC(C2CC2)NCC1C(C)C. The van der Waals surface area contributed by atoms with Gasteiger partial charge in [-0.1, -0.05) is 13.8 Å². The fourth-order valence-electron chi connectivity index (χ4n) is 2.94. The molecule has 1 saturated carbocycles. The summed E-state index contributed by atoms with van der Waals surface area (Å²) in [5.74, 6) is 1.66. The Morgan fingerprint density at radius 2 is 2.00 bits per heavy atom. The van der Waals surface area contributed by atoms with Gasteiger partial charge >= 0.3 is 0 Å². The Bertz CT molecular complexity index is 240. The minimum absolute atomic E-state index is 0.342. The van der Waals surface area contributed by atoms with Crippen LogP contribution in [-0.2, 0) is 4.74 Å². The van der Waals surface area contributed by atoms with Gasteiger partial charge in [0.15, 0.2) is 0 Å². The zero-order chi connectivity index (χ0) is 12.4. The van der Waals surface area contributed by atoms with E-state index in [1.54, 1.807) is 0 Å². The summed E-state index contributed by atoms with van der Waals surface area (Å²) in [5.41, 5.74) is 0. The lowest BCUT2D eigenvalue weighted by atomic mass is 9.96. The lowest BCUT2D eigenvalue weighted by Crippen LogP contribution is -2.60. The van der Waals surface area contributed by atoms with Gasteiger partial charge in [-0.2, -0.15) is 0 Å². The van der Waals surface area contributed by atoms with Crippen LogP contribution in [0.5, 0.6) is 0 Å². The maximum absolute atomic E-state index is 5.43. The lowest BCUT2D eigenvalue weighted by Gasteiger charge is -2.43. The first-order chi connectivity index (χ1) is 8.11. The molecule has 0 amide bonds. The number of ether oxygens (including phenoxy) is 1. The van der Waals surface area contributed by atoms with Crippen LogP contribution in [0.15, 0.2) is 0 Å². The van der Waals surface area contributed by atoms with Crippen LogP contribution in [0.25, 0.3) is 0 Å². The van der Waals surface area contributed by atoms with Crippen molar-refractivity contribution in [3.8, 4) is 0 Å². The van der Waals surface area contributed by atoms with Gasteiger partial charge in [0, 0.05) is 38.8 Å². The lowest BCUT2D eigenvalue weighted by molar-refractivity contribution is 0.0258. The molecule has 1 saturated heterocycles. The molecule has 2 rings (SSSR count). The van der Waals surface area contributed by atoms with Gasteiger partial charge in [-0.15, -0.1) is 0 Å². The molecule has 0 spiro atoms. The molecule has 1 N–H and O–H groups in total. The van der Waals surface area contributed by atoms with Crippen LogP contribution in [0.4, 0.5) is 0 Å².